The van der Waals surface area contributed by atoms with Gasteiger partial charge in [0.15, 0.2) is 0 Å². The zero-order valence-corrected chi connectivity index (χ0v) is 13.8. The third-order valence-corrected chi connectivity index (χ3v) is 5.33. The van der Waals surface area contributed by atoms with Crippen LogP contribution in [0.5, 0.6) is 0 Å². The van der Waals surface area contributed by atoms with E-state index >= 15 is 0 Å². The predicted octanol–water partition coefficient (Wildman–Crippen LogP) is 0.0268. The Kier molecular flexibility index (Phi) is 6.95. The molecule has 2 atom stereocenters. The number of sulfonamides is 1. The summed E-state index contributed by atoms with van der Waals surface area (Å²) in [4.78, 5) is 23.3. The van der Waals surface area contributed by atoms with Crippen LogP contribution >= 0.6 is 11.8 Å². The van der Waals surface area contributed by atoms with E-state index < -0.39 is 34.0 Å². The lowest BCUT2D eigenvalue weighted by molar-refractivity contribution is -0.142. The van der Waals surface area contributed by atoms with Crippen LogP contribution in [0.3, 0.4) is 0 Å². The van der Waals surface area contributed by atoms with E-state index in [2.05, 4.69) is 10.0 Å². The monoisotopic (exact) mass is 338 g/mol. The lowest BCUT2D eigenvalue weighted by Gasteiger charge is -2.20. The van der Waals surface area contributed by atoms with Gasteiger partial charge in [0.2, 0.25) is 15.9 Å². The molecule has 0 aromatic carbocycles. The minimum atomic E-state index is -3.52. The number of thioether (sulfide) groups is 1. The summed E-state index contributed by atoms with van der Waals surface area (Å²) in [6.07, 6.45) is 3.72. The van der Waals surface area contributed by atoms with Gasteiger partial charge in [0.05, 0.1) is 5.75 Å². The van der Waals surface area contributed by atoms with Gasteiger partial charge in [0, 0.05) is 0 Å². The highest BCUT2D eigenvalue weighted by Crippen LogP contribution is 2.32. The van der Waals surface area contributed by atoms with Gasteiger partial charge in [-0.3, -0.25) is 4.79 Å². The first-order valence-corrected chi connectivity index (χ1v) is 9.87. The normalized spacial score (nSPS) is 18.0. The lowest BCUT2D eigenvalue weighted by atomic mass is 10.1. The van der Waals surface area contributed by atoms with Gasteiger partial charge in [-0.1, -0.05) is 0 Å². The largest absolute Gasteiger partial charge is 0.480 e. The average molecular weight is 338 g/mol. The Balaban J connectivity index is 2.71. The molecular formula is C12H22N2O5S2. The van der Waals surface area contributed by atoms with Gasteiger partial charge in [-0.2, -0.15) is 11.8 Å². The summed E-state index contributed by atoms with van der Waals surface area (Å²) in [7, 11) is -3.52. The lowest BCUT2D eigenvalue weighted by Crippen LogP contribution is -2.52. The van der Waals surface area contributed by atoms with Crippen LogP contribution in [0, 0.1) is 5.92 Å². The number of rotatable bonds is 10. The van der Waals surface area contributed by atoms with Gasteiger partial charge in [0.1, 0.15) is 12.1 Å². The number of aliphatic carboxylic acids is 1. The summed E-state index contributed by atoms with van der Waals surface area (Å²) < 4.78 is 25.6. The third kappa shape index (κ3) is 6.23. The molecule has 2 unspecified atom stereocenters. The third-order valence-electron chi connectivity index (χ3n) is 3.29. The van der Waals surface area contributed by atoms with Crippen LogP contribution in [0.1, 0.15) is 26.2 Å². The maximum absolute atomic E-state index is 12.2. The van der Waals surface area contributed by atoms with Crippen molar-refractivity contribution < 1.29 is 23.1 Å². The smallest absolute Gasteiger partial charge is 0.326 e. The molecule has 3 N–H and O–H groups in total. The van der Waals surface area contributed by atoms with Crippen molar-refractivity contribution >= 4 is 33.7 Å². The summed E-state index contributed by atoms with van der Waals surface area (Å²) >= 11 is 1.49. The van der Waals surface area contributed by atoms with Crippen molar-refractivity contribution in [3.63, 3.8) is 0 Å². The molecule has 1 saturated carbocycles. The van der Waals surface area contributed by atoms with Crippen molar-refractivity contribution in [1.29, 1.82) is 0 Å². The van der Waals surface area contributed by atoms with Crippen LogP contribution in [-0.2, 0) is 19.6 Å². The highest BCUT2D eigenvalue weighted by Gasteiger charge is 2.38. The van der Waals surface area contributed by atoms with Gasteiger partial charge >= 0.3 is 5.97 Å². The number of carbonyl (C=O) groups excluding carboxylic acids is 1. The first-order chi connectivity index (χ1) is 9.80. The number of carboxylic acids is 1. The molecule has 0 saturated heterocycles. The molecule has 0 aromatic heterocycles. The Bertz CT molecular complexity index is 476. The molecule has 1 fully saturated rings. The Hall–Kier alpha value is -0.800. The zero-order chi connectivity index (χ0) is 16.0. The SMILES string of the molecule is CCS(=O)(=O)NC(CCSC)C(=O)NC(C(=O)O)C1CC1. The fraction of sp³-hybridized carbons (Fsp3) is 0.833. The Morgan fingerprint density at radius 2 is 2.00 bits per heavy atom. The molecule has 1 amide bonds. The summed E-state index contributed by atoms with van der Waals surface area (Å²) in [5.74, 6) is -1.21. The van der Waals surface area contributed by atoms with Crippen LogP contribution in [0.4, 0.5) is 0 Å². The first kappa shape index (κ1) is 18.2. The summed E-state index contributed by atoms with van der Waals surface area (Å²) in [5, 5.41) is 11.6. The number of nitrogens with one attached hydrogen (secondary N) is 2. The van der Waals surface area contributed by atoms with Gasteiger partial charge in [0.25, 0.3) is 0 Å². The topological polar surface area (TPSA) is 113 Å². The fourth-order valence-corrected chi connectivity index (χ4v) is 3.14. The fourth-order valence-electron chi connectivity index (χ4n) is 1.84. The van der Waals surface area contributed by atoms with Gasteiger partial charge in [-0.05, 0) is 44.1 Å². The number of hydrogen-bond acceptors (Lipinski definition) is 5. The molecule has 1 rings (SSSR count). The van der Waals surface area contributed by atoms with Crippen LogP contribution in [0.25, 0.3) is 0 Å². The molecule has 0 heterocycles. The highest BCUT2D eigenvalue weighted by atomic mass is 32.2. The first-order valence-electron chi connectivity index (χ1n) is 6.82. The molecule has 7 nitrogen and oxygen atoms in total. The van der Waals surface area contributed by atoms with Crippen LogP contribution in [-0.4, -0.2) is 55.2 Å². The Labute approximate surface area is 129 Å². The minimum absolute atomic E-state index is 0.0459. The van der Waals surface area contributed by atoms with E-state index in [1.807, 2.05) is 6.26 Å². The molecular weight excluding hydrogens is 316 g/mol. The Morgan fingerprint density at radius 3 is 2.43 bits per heavy atom. The molecule has 1 aliphatic carbocycles. The Morgan fingerprint density at radius 1 is 1.38 bits per heavy atom. The highest BCUT2D eigenvalue weighted by molar-refractivity contribution is 7.98. The quantitative estimate of drug-likeness (QED) is 0.518. The van der Waals surface area contributed by atoms with E-state index in [4.69, 9.17) is 5.11 Å². The number of amides is 1. The number of carboxylic acid groups (broad SMARTS) is 1. The molecule has 0 aliphatic heterocycles. The minimum Gasteiger partial charge on any atom is -0.480 e. The second kappa shape index (κ2) is 8.00. The van der Waals surface area contributed by atoms with Gasteiger partial charge < -0.3 is 10.4 Å². The van der Waals surface area contributed by atoms with Gasteiger partial charge in [-0.15, -0.1) is 0 Å². The molecule has 0 bridgehead atoms. The van der Waals surface area contributed by atoms with Crippen LogP contribution in [0.15, 0.2) is 0 Å². The zero-order valence-electron chi connectivity index (χ0n) is 12.2. The molecule has 21 heavy (non-hydrogen) atoms. The second-order valence-electron chi connectivity index (χ2n) is 5.02. The molecule has 9 heteroatoms. The molecule has 0 spiro atoms. The molecule has 0 radical (unpaired) electrons. The maximum atomic E-state index is 12.2. The predicted molar refractivity (Wildman–Crippen MR) is 81.7 cm³/mol. The molecule has 0 aromatic rings. The standard InChI is InChI=1S/C12H22N2O5S2/c1-3-21(18,19)14-9(6-7-20-2)11(15)13-10(12(16)17)8-4-5-8/h8-10,14H,3-7H2,1-2H3,(H,13,15)(H,16,17). The summed E-state index contributed by atoms with van der Waals surface area (Å²) in [6.45, 7) is 1.48. The van der Waals surface area contributed by atoms with Crippen molar-refractivity contribution in [2.75, 3.05) is 17.8 Å². The summed E-state index contributed by atoms with van der Waals surface area (Å²) in [6, 6.07) is -1.86. The number of hydrogen-bond donors (Lipinski definition) is 3. The van der Waals surface area contributed by atoms with Crippen LogP contribution in [0.2, 0.25) is 0 Å². The molecule has 122 valence electrons. The average Bonchev–Trinajstić information content (AvgIpc) is 3.24. The molecule has 1 aliphatic rings. The van der Waals surface area contributed by atoms with E-state index in [0.29, 0.717) is 12.2 Å². The number of carbonyl (C=O) groups is 2. The van der Waals surface area contributed by atoms with E-state index in [1.165, 1.54) is 18.7 Å². The van der Waals surface area contributed by atoms with Crippen molar-refractivity contribution in [3.8, 4) is 0 Å². The van der Waals surface area contributed by atoms with Gasteiger partial charge in [-0.25, -0.2) is 17.9 Å². The summed E-state index contributed by atoms with van der Waals surface area (Å²) in [5.41, 5.74) is 0. The van der Waals surface area contributed by atoms with Crippen molar-refractivity contribution in [2.45, 2.75) is 38.3 Å². The second-order valence-corrected chi connectivity index (χ2v) is 8.05. The van der Waals surface area contributed by atoms with Crippen LogP contribution < -0.4 is 10.0 Å². The van der Waals surface area contributed by atoms with Crippen molar-refractivity contribution in [3.05, 3.63) is 0 Å². The van der Waals surface area contributed by atoms with Crippen molar-refractivity contribution in [2.24, 2.45) is 5.92 Å². The van der Waals surface area contributed by atoms with E-state index in [-0.39, 0.29) is 11.7 Å². The van der Waals surface area contributed by atoms with E-state index in [0.717, 1.165) is 12.8 Å². The van der Waals surface area contributed by atoms with Crippen molar-refractivity contribution in [1.82, 2.24) is 10.0 Å². The van der Waals surface area contributed by atoms with E-state index in [1.54, 1.807) is 0 Å². The maximum Gasteiger partial charge on any atom is 0.326 e. The van der Waals surface area contributed by atoms with E-state index in [9.17, 15) is 18.0 Å².